The molecule has 3 aromatic rings. The molecule has 0 radical (unpaired) electrons. The van der Waals surface area contributed by atoms with Crippen molar-refractivity contribution < 1.29 is 9.53 Å². The molecule has 1 N–H and O–H groups in total. The number of hydrogen-bond acceptors (Lipinski definition) is 2. The molecule has 1 amide bonds. The van der Waals surface area contributed by atoms with Gasteiger partial charge < -0.3 is 10.1 Å². The fourth-order valence-corrected chi connectivity index (χ4v) is 3.27. The van der Waals surface area contributed by atoms with Crippen LogP contribution in [0.15, 0.2) is 66.7 Å². The Bertz CT molecular complexity index is 960. The number of rotatable bonds is 6. The monoisotopic (exact) mass is 433 g/mol. The topological polar surface area (TPSA) is 38.3 Å². The highest BCUT2D eigenvalue weighted by atomic mass is 35.5. The summed E-state index contributed by atoms with van der Waals surface area (Å²) in [7, 11) is 0. The van der Waals surface area contributed by atoms with E-state index in [1.807, 2.05) is 61.5 Å². The molecule has 0 aromatic heterocycles. The summed E-state index contributed by atoms with van der Waals surface area (Å²) in [4.78, 5) is 12.6. The average Bonchev–Trinajstić information content (AvgIpc) is 2.71. The van der Waals surface area contributed by atoms with Crippen LogP contribution in [0.4, 0.5) is 5.69 Å². The van der Waals surface area contributed by atoms with Crippen LogP contribution in [0.5, 0.6) is 5.75 Å². The largest absolute Gasteiger partial charge is 0.481 e. The Kier molecular flexibility index (Phi) is 6.84. The van der Waals surface area contributed by atoms with E-state index in [0.717, 1.165) is 11.1 Å². The van der Waals surface area contributed by atoms with Crippen molar-refractivity contribution in [1.82, 2.24) is 0 Å². The van der Waals surface area contributed by atoms with Gasteiger partial charge in [0.15, 0.2) is 6.10 Å². The third-order valence-electron chi connectivity index (χ3n) is 4.17. The van der Waals surface area contributed by atoms with E-state index in [4.69, 9.17) is 39.5 Å². The Morgan fingerprint density at radius 2 is 1.50 bits per heavy atom. The molecular formula is C22H18Cl3NO2. The van der Waals surface area contributed by atoms with Crippen molar-refractivity contribution in [2.75, 3.05) is 5.32 Å². The van der Waals surface area contributed by atoms with Gasteiger partial charge in [-0.15, -0.1) is 0 Å². The van der Waals surface area contributed by atoms with Gasteiger partial charge in [0.05, 0.1) is 20.8 Å². The second-order valence-corrected chi connectivity index (χ2v) is 7.36. The Hall–Kier alpha value is -2.20. The van der Waals surface area contributed by atoms with Crippen LogP contribution in [0, 0.1) is 0 Å². The normalized spacial score (nSPS) is 11.7. The van der Waals surface area contributed by atoms with Gasteiger partial charge in [-0.3, -0.25) is 4.79 Å². The van der Waals surface area contributed by atoms with E-state index in [-0.39, 0.29) is 5.91 Å². The molecule has 0 aliphatic heterocycles. The van der Waals surface area contributed by atoms with Gasteiger partial charge in [0.1, 0.15) is 5.75 Å². The number of nitrogens with one attached hydrogen (secondary N) is 1. The number of carbonyl (C=O) groups is 1. The van der Waals surface area contributed by atoms with Gasteiger partial charge in [-0.25, -0.2) is 0 Å². The Morgan fingerprint density at radius 1 is 0.893 bits per heavy atom. The highest BCUT2D eigenvalue weighted by molar-refractivity contribution is 6.44. The molecule has 0 bridgehead atoms. The summed E-state index contributed by atoms with van der Waals surface area (Å²) in [5.41, 5.74) is 2.59. The molecule has 28 heavy (non-hydrogen) atoms. The van der Waals surface area contributed by atoms with Gasteiger partial charge in [-0.2, -0.15) is 0 Å². The van der Waals surface area contributed by atoms with Crippen LogP contribution in [-0.2, 0) is 4.79 Å². The summed E-state index contributed by atoms with van der Waals surface area (Å²) in [5.74, 6) is 0.303. The van der Waals surface area contributed by atoms with Crippen molar-refractivity contribution in [2.24, 2.45) is 0 Å². The number of anilines is 1. The van der Waals surface area contributed by atoms with Gasteiger partial charge in [-0.1, -0.05) is 84.2 Å². The molecule has 0 aliphatic carbocycles. The van der Waals surface area contributed by atoms with Crippen LogP contribution in [0.1, 0.15) is 13.3 Å². The standard InChI is InChI=1S/C22H18Cl3NO2/c1-2-21(22(27)26-20-13-18(24)17(23)12-19(20)25)28-16-10-8-15(9-11-16)14-6-4-3-5-7-14/h3-13,21H,2H2,1H3,(H,26,27). The molecular weight excluding hydrogens is 417 g/mol. The molecule has 1 unspecified atom stereocenters. The molecule has 6 heteroatoms. The predicted octanol–water partition coefficient (Wildman–Crippen LogP) is 7.11. The maximum Gasteiger partial charge on any atom is 0.265 e. The summed E-state index contributed by atoms with van der Waals surface area (Å²) in [5, 5.41) is 3.70. The number of ether oxygens (including phenoxy) is 1. The minimum Gasteiger partial charge on any atom is -0.481 e. The van der Waals surface area contributed by atoms with E-state index >= 15 is 0 Å². The Balaban J connectivity index is 1.70. The molecule has 0 aliphatic rings. The quantitative estimate of drug-likeness (QED) is 0.420. The summed E-state index contributed by atoms with van der Waals surface area (Å²) >= 11 is 18.1. The van der Waals surface area contributed by atoms with E-state index in [9.17, 15) is 4.79 Å². The molecule has 3 aromatic carbocycles. The van der Waals surface area contributed by atoms with E-state index in [1.54, 1.807) is 0 Å². The lowest BCUT2D eigenvalue weighted by Gasteiger charge is -2.18. The van der Waals surface area contributed by atoms with Gasteiger partial charge >= 0.3 is 0 Å². The van der Waals surface area contributed by atoms with Crippen LogP contribution >= 0.6 is 34.8 Å². The first-order valence-electron chi connectivity index (χ1n) is 8.75. The van der Waals surface area contributed by atoms with E-state index in [1.165, 1.54) is 12.1 Å². The molecule has 0 spiro atoms. The predicted molar refractivity (Wildman–Crippen MR) is 117 cm³/mol. The molecule has 0 saturated heterocycles. The molecule has 0 heterocycles. The van der Waals surface area contributed by atoms with Crippen molar-refractivity contribution >= 4 is 46.4 Å². The fraction of sp³-hybridized carbons (Fsp3) is 0.136. The molecule has 1 atom stereocenters. The first kappa shape index (κ1) is 20.5. The minimum absolute atomic E-state index is 0.310. The first-order chi connectivity index (χ1) is 13.5. The number of amides is 1. The average molecular weight is 435 g/mol. The van der Waals surface area contributed by atoms with Crippen LogP contribution in [0.2, 0.25) is 15.1 Å². The summed E-state index contributed by atoms with van der Waals surface area (Å²) in [6.45, 7) is 1.87. The van der Waals surface area contributed by atoms with Crippen LogP contribution in [0.3, 0.4) is 0 Å². The van der Waals surface area contributed by atoms with Crippen molar-refractivity contribution in [3.8, 4) is 16.9 Å². The van der Waals surface area contributed by atoms with Crippen LogP contribution in [0.25, 0.3) is 11.1 Å². The zero-order valence-corrected chi connectivity index (χ0v) is 17.4. The van der Waals surface area contributed by atoms with E-state index < -0.39 is 6.10 Å². The van der Waals surface area contributed by atoms with Crippen LogP contribution < -0.4 is 10.1 Å². The van der Waals surface area contributed by atoms with Crippen molar-refractivity contribution in [1.29, 1.82) is 0 Å². The highest BCUT2D eigenvalue weighted by Gasteiger charge is 2.20. The van der Waals surface area contributed by atoms with Crippen LogP contribution in [-0.4, -0.2) is 12.0 Å². The molecule has 144 valence electrons. The number of carbonyl (C=O) groups excluding carboxylic acids is 1. The van der Waals surface area contributed by atoms with E-state index in [0.29, 0.717) is 32.9 Å². The Labute approximate surface area is 179 Å². The molecule has 0 saturated carbocycles. The summed E-state index contributed by atoms with van der Waals surface area (Å²) in [6, 6.07) is 20.7. The fourth-order valence-electron chi connectivity index (χ4n) is 2.67. The maximum absolute atomic E-state index is 12.6. The Morgan fingerprint density at radius 3 is 2.14 bits per heavy atom. The lowest BCUT2D eigenvalue weighted by Crippen LogP contribution is -2.32. The van der Waals surface area contributed by atoms with Gasteiger partial charge in [0, 0.05) is 0 Å². The molecule has 3 rings (SSSR count). The third kappa shape index (κ3) is 4.99. The first-order valence-corrected chi connectivity index (χ1v) is 9.89. The number of benzene rings is 3. The lowest BCUT2D eigenvalue weighted by atomic mass is 10.1. The van der Waals surface area contributed by atoms with Gasteiger partial charge in [0.25, 0.3) is 5.91 Å². The summed E-state index contributed by atoms with van der Waals surface area (Å²) in [6.07, 6.45) is -0.182. The smallest absolute Gasteiger partial charge is 0.265 e. The highest BCUT2D eigenvalue weighted by Crippen LogP contribution is 2.32. The zero-order chi connectivity index (χ0) is 20.1. The van der Waals surface area contributed by atoms with Crippen molar-refractivity contribution in [3.05, 3.63) is 81.8 Å². The molecule has 0 fully saturated rings. The SMILES string of the molecule is CCC(Oc1ccc(-c2ccccc2)cc1)C(=O)Nc1cc(Cl)c(Cl)cc1Cl. The maximum atomic E-state index is 12.6. The minimum atomic E-state index is -0.673. The van der Waals surface area contributed by atoms with Crippen molar-refractivity contribution in [3.63, 3.8) is 0 Å². The molecule has 3 nitrogen and oxygen atoms in total. The van der Waals surface area contributed by atoms with Gasteiger partial charge in [0.2, 0.25) is 0 Å². The number of hydrogen-bond donors (Lipinski definition) is 1. The summed E-state index contributed by atoms with van der Waals surface area (Å²) < 4.78 is 5.87. The third-order valence-corrected chi connectivity index (χ3v) is 5.21. The lowest BCUT2D eigenvalue weighted by molar-refractivity contribution is -0.122. The number of halogens is 3. The zero-order valence-electron chi connectivity index (χ0n) is 15.1. The van der Waals surface area contributed by atoms with E-state index in [2.05, 4.69) is 5.32 Å². The van der Waals surface area contributed by atoms with Crippen molar-refractivity contribution in [2.45, 2.75) is 19.4 Å². The second-order valence-electron chi connectivity index (χ2n) is 6.14. The van der Waals surface area contributed by atoms with Gasteiger partial charge in [-0.05, 0) is 41.8 Å². The second kappa shape index (κ2) is 9.33.